The van der Waals surface area contributed by atoms with Gasteiger partial charge in [-0.05, 0) is 36.6 Å². The Kier molecular flexibility index (Phi) is 1.68. The lowest BCUT2D eigenvalue weighted by Gasteiger charge is -2.11. The second kappa shape index (κ2) is 2.83. The van der Waals surface area contributed by atoms with Crippen molar-refractivity contribution in [2.75, 3.05) is 13.1 Å². The van der Waals surface area contributed by atoms with Crippen LogP contribution in [0.15, 0.2) is 24.3 Å². The second-order valence-corrected chi connectivity index (χ2v) is 4.57. The van der Waals surface area contributed by atoms with Crippen molar-refractivity contribution in [3.8, 4) is 0 Å². The summed E-state index contributed by atoms with van der Waals surface area (Å²) in [7, 11) is 0. The molecule has 0 aromatic heterocycles. The highest BCUT2D eigenvalue weighted by Crippen LogP contribution is 2.56. The molecule has 3 heteroatoms. The molecule has 0 amide bonds. The van der Waals surface area contributed by atoms with Crippen molar-refractivity contribution in [3.05, 3.63) is 35.4 Å². The molecular formula is C12H13NO2. The summed E-state index contributed by atoms with van der Waals surface area (Å²) in [4.78, 5) is 10.7. The summed E-state index contributed by atoms with van der Waals surface area (Å²) >= 11 is 0. The third-order valence-corrected chi connectivity index (χ3v) is 3.77. The van der Waals surface area contributed by atoms with Crippen LogP contribution >= 0.6 is 0 Å². The molecule has 78 valence electrons. The Hall–Kier alpha value is -1.35. The first-order valence-electron chi connectivity index (χ1n) is 5.27. The fraction of sp³-hybridized carbons (Fsp3) is 0.417. The van der Waals surface area contributed by atoms with Gasteiger partial charge in [-0.15, -0.1) is 0 Å². The van der Waals surface area contributed by atoms with Gasteiger partial charge in [0.2, 0.25) is 0 Å². The Morgan fingerprint density at radius 1 is 1.40 bits per heavy atom. The maximum Gasteiger partial charge on any atom is 0.335 e. The monoisotopic (exact) mass is 203 g/mol. The summed E-state index contributed by atoms with van der Waals surface area (Å²) in [6.07, 6.45) is 1.26. The topological polar surface area (TPSA) is 49.3 Å². The van der Waals surface area contributed by atoms with Crippen LogP contribution in [0.4, 0.5) is 0 Å². The van der Waals surface area contributed by atoms with Crippen LogP contribution in [-0.2, 0) is 5.41 Å². The zero-order valence-electron chi connectivity index (χ0n) is 8.36. The van der Waals surface area contributed by atoms with E-state index in [2.05, 4.69) is 5.32 Å². The minimum atomic E-state index is -0.851. The molecule has 1 aliphatic carbocycles. The van der Waals surface area contributed by atoms with Gasteiger partial charge < -0.3 is 10.4 Å². The molecule has 3 nitrogen and oxygen atoms in total. The lowest BCUT2D eigenvalue weighted by molar-refractivity contribution is 0.0697. The van der Waals surface area contributed by atoms with Crippen LogP contribution in [0.25, 0.3) is 0 Å². The van der Waals surface area contributed by atoms with Gasteiger partial charge in [0, 0.05) is 12.0 Å². The predicted octanol–water partition coefficient (Wildman–Crippen LogP) is 1.25. The summed E-state index contributed by atoms with van der Waals surface area (Å²) in [6.45, 7) is 2.16. The third kappa shape index (κ3) is 1.20. The van der Waals surface area contributed by atoms with Crippen molar-refractivity contribution in [2.45, 2.75) is 11.8 Å². The van der Waals surface area contributed by atoms with Crippen LogP contribution in [0.1, 0.15) is 22.3 Å². The maximum atomic E-state index is 10.7. The Bertz CT molecular complexity index is 412. The number of piperidine rings is 1. The molecule has 2 unspecified atom stereocenters. The predicted molar refractivity (Wildman–Crippen MR) is 56.1 cm³/mol. The molecule has 1 heterocycles. The average Bonchev–Trinajstić information content (AvgIpc) is 2.82. The first kappa shape index (κ1) is 8.92. The first-order valence-corrected chi connectivity index (χ1v) is 5.27. The number of aromatic carboxylic acids is 1. The van der Waals surface area contributed by atoms with Crippen LogP contribution in [-0.4, -0.2) is 24.2 Å². The fourth-order valence-corrected chi connectivity index (χ4v) is 2.73. The molecule has 2 N–H and O–H groups in total. The van der Waals surface area contributed by atoms with E-state index in [4.69, 9.17) is 5.11 Å². The number of fused-ring (bicyclic) bond motifs is 1. The quantitative estimate of drug-likeness (QED) is 0.760. The van der Waals surface area contributed by atoms with Crippen LogP contribution in [0, 0.1) is 5.92 Å². The molecule has 1 saturated carbocycles. The highest BCUT2D eigenvalue weighted by molar-refractivity contribution is 5.87. The van der Waals surface area contributed by atoms with E-state index >= 15 is 0 Å². The zero-order chi connectivity index (χ0) is 10.5. The molecule has 2 aliphatic rings. The van der Waals surface area contributed by atoms with E-state index in [9.17, 15) is 4.79 Å². The van der Waals surface area contributed by atoms with Crippen molar-refractivity contribution in [3.63, 3.8) is 0 Å². The number of rotatable bonds is 2. The van der Waals surface area contributed by atoms with E-state index in [1.54, 1.807) is 12.1 Å². The van der Waals surface area contributed by atoms with Gasteiger partial charge in [0.15, 0.2) is 0 Å². The van der Waals surface area contributed by atoms with Gasteiger partial charge in [0.1, 0.15) is 0 Å². The summed E-state index contributed by atoms with van der Waals surface area (Å²) in [6, 6.07) is 7.35. The molecule has 2 fully saturated rings. The van der Waals surface area contributed by atoms with Crippen molar-refractivity contribution < 1.29 is 9.90 Å². The molecule has 1 aromatic rings. The Morgan fingerprint density at radius 3 is 2.60 bits per heavy atom. The number of carboxylic acids is 1. The lowest BCUT2D eigenvalue weighted by Crippen LogP contribution is -2.19. The summed E-state index contributed by atoms with van der Waals surface area (Å²) in [5.74, 6) is -0.0795. The third-order valence-electron chi connectivity index (χ3n) is 3.77. The maximum absolute atomic E-state index is 10.7. The van der Waals surface area contributed by atoms with E-state index in [0.717, 1.165) is 19.0 Å². The zero-order valence-corrected chi connectivity index (χ0v) is 8.36. The molecule has 15 heavy (non-hydrogen) atoms. The highest BCUT2D eigenvalue weighted by atomic mass is 16.4. The summed E-state index contributed by atoms with van der Waals surface area (Å²) < 4.78 is 0. The van der Waals surface area contributed by atoms with Gasteiger partial charge in [-0.3, -0.25) is 0 Å². The number of carboxylic acid groups (broad SMARTS) is 1. The molecule has 0 bridgehead atoms. The Morgan fingerprint density at radius 2 is 2.13 bits per heavy atom. The smallest absolute Gasteiger partial charge is 0.335 e. The van der Waals surface area contributed by atoms with E-state index in [-0.39, 0.29) is 0 Å². The normalized spacial score (nSPS) is 32.4. The van der Waals surface area contributed by atoms with Gasteiger partial charge in [-0.1, -0.05) is 12.1 Å². The van der Waals surface area contributed by atoms with E-state index in [1.807, 2.05) is 12.1 Å². The number of hydrogen-bond donors (Lipinski definition) is 2. The van der Waals surface area contributed by atoms with Crippen LogP contribution in [0.2, 0.25) is 0 Å². The Balaban J connectivity index is 1.91. The average molecular weight is 203 g/mol. The fourth-order valence-electron chi connectivity index (χ4n) is 2.73. The molecule has 0 spiro atoms. The van der Waals surface area contributed by atoms with Crippen LogP contribution in [0.3, 0.4) is 0 Å². The van der Waals surface area contributed by atoms with Gasteiger partial charge in [0.05, 0.1) is 5.56 Å². The number of benzene rings is 1. The number of carbonyl (C=O) groups is 1. The SMILES string of the molecule is O=C(O)c1ccc(C23CNCC2C3)cc1. The second-order valence-electron chi connectivity index (χ2n) is 4.57. The van der Waals surface area contributed by atoms with Crippen molar-refractivity contribution in [1.82, 2.24) is 5.32 Å². The van der Waals surface area contributed by atoms with Gasteiger partial charge in [0.25, 0.3) is 0 Å². The van der Waals surface area contributed by atoms with Crippen LogP contribution < -0.4 is 5.32 Å². The Labute approximate surface area is 88.1 Å². The molecule has 3 rings (SSSR count). The minimum absolute atomic E-state index is 0.330. The summed E-state index contributed by atoms with van der Waals surface area (Å²) in [5.41, 5.74) is 2.00. The molecular weight excluding hydrogens is 190 g/mol. The summed E-state index contributed by atoms with van der Waals surface area (Å²) in [5, 5.41) is 12.2. The van der Waals surface area contributed by atoms with Gasteiger partial charge >= 0.3 is 5.97 Å². The number of hydrogen-bond acceptors (Lipinski definition) is 2. The van der Waals surface area contributed by atoms with E-state index in [0.29, 0.717) is 11.0 Å². The molecule has 1 saturated heterocycles. The minimum Gasteiger partial charge on any atom is -0.478 e. The van der Waals surface area contributed by atoms with Gasteiger partial charge in [-0.25, -0.2) is 4.79 Å². The van der Waals surface area contributed by atoms with Crippen molar-refractivity contribution >= 4 is 5.97 Å². The molecule has 2 atom stereocenters. The van der Waals surface area contributed by atoms with E-state index < -0.39 is 5.97 Å². The first-order chi connectivity index (χ1) is 7.22. The lowest BCUT2D eigenvalue weighted by atomic mass is 9.94. The van der Waals surface area contributed by atoms with Crippen molar-refractivity contribution in [2.24, 2.45) is 5.92 Å². The molecule has 1 aliphatic heterocycles. The molecule has 0 radical (unpaired) electrons. The van der Waals surface area contributed by atoms with Crippen LogP contribution in [0.5, 0.6) is 0 Å². The van der Waals surface area contributed by atoms with Crippen molar-refractivity contribution in [1.29, 1.82) is 0 Å². The van der Waals surface area contributed by atoms with E-state index in [1.165, 1.54) is 12.0 Å². The highest BCUT2D eigenvalue weighted by Gasteiger charge is 2.57. The standard InChI is InChI=1S/C12H13NO2/c14-11(15)8-1-3-9(4-2-8)12-5-10(12)6-13-7-12/h1-4,10,13H,5-7H2,(H,14,15). The number of nitrogens with one attached hydrogen (secondary N) is 1. The largest absolute Gasteiger partial charge is 0.478 e. The van der Waals surface area contributed by atoms with Gasteiger partial charge in [-0.2, -0.15) is 0 Å². The molecule has 1 aromatic carbocycles.